The molecule has 0 aliphatic carbocycles. The van der Waals surface area contributed by atoms with Gasteiger partial charge in [0.15, 0.2) is 0 Å². The summed E-state index contributed by atoms with van der Waals surface area (Å²) in [7, 11) is 0. The smallest absolute Gasteiger partial charge is 0.260 e. The molecule has 228 valence electrons. The van der Waals surface area contributed by atoms with Gasteiger partial charge in [-0.2, -0.15) is 0 Å². The van der Waals surface area contributed by atoms with Crippen molar-refractivity contribution in [1.82, 2.24) is 0 Å². The van der Waals surface area contributed by atoms with Crippen molar-refractivity contribution in [1.29, 1.82) is 0 Å². The molecule has 0 spiro atoms. The highest BCUT2D eigenvalue weighted by molar-refractivity contribution is 6.98. The fraction of sp³-hybridized carbons (Fsp3) is 0. The lowest BCUT2D eigenvalue weighted by Gasteiger charge is -2.32. The van der Waals surface area contributed by atoms with Gasteiger partial charge < -0.3 is 18.8 Å². The van der Waals surface area contributed by atoms with Crippen molar-refractivity contribution in [3.63, 3.8) is 0 Å². The Morgan fingerprint density at radius 2 is 1.10 bits per heavy atom. The molecule has 1 aromatic heterocycles. The standard InChI is InChI=1S/C44H26BNO3/c1-2-14-28(15-3-1)46(35-20-10-13-27-12-4-5-16-29(27)35)36-26-42-43(31-18-7-6-17-30(31)36)32-24-41-34(25-40(32)49-42)45-33-19-8-9-21-37(33)47-38-22-11-23-39(48-41)44(38)45/h1-26H. The zero-order valence-electron chi connectivity index (χ0n) is 26.3. The molecule has 0 saturated carbocycles. The lowest BCUT2D eigenvalue weighted by Crippen LogP contribution is -2.57. The normalized spacial score (nSPS) is 12.8. The topological polar surface area (TPSA) is 34.8 Å². The van der Waals surface area contributed by atoms with E-state index in [4.69, 9.17) is 13.9 Å². The van der Waals surface area contributed by atoms with Crippen LogP contribution in [0.15, 0.2) is 162 Å². The summed E-state index contributed by atoms with van der Waals surface area (Å²) in [5.74, 6) is 3.38. The number of rotatable bonds is 3. The quantitative estimate of drug-likeness (QED) is 0.183. The van der Waals surface area contributed by atoms with Gasteiger partial charge in [0, 0.05) is 38.8 Å². The van der Waals surface area contributed by atoms with Crippen LogP contribution in [0.3, 0.4) is 0 Å². The van der Waals surface area contributed by atoms with E-state index in [1.165, 1.54) is 10.8 Å². The summed E-state index contributed by atoms with van der Waals surface area (Å²) >= 11 is 0. The molecule has 2 aliphatic rings. The maximum absolute atomic E-state index is 6.88. The van der Waals surface area contributed by atoms with Gasteiger partial charge in [-0.25, -0.2) is 0 Å². The van der Waals surface area contributed by atoms with E-state index in [2.05, 4.69) is 132 Å². The summed E-state index contributed by atoms with van der Waals surface area (Å²) in [4.78, 5) is 2.36. The number of benzene rings is 8. The van der Waals surface area contributed by atoms with Crippen molar-refractivity contribution in [2.75, 3.05) is 4.90 Å². The highest BCUT2D eigenvalue weighted by Crippen LogP contribution is 2.47. The van der Waals surface area contributed by atoms with Gasteiger partial charge >= 0.3 is 0 Å². The van der Waals surface area contributed by atoms with Gasteiger partial charge in [-0.1, -0.05) is 103 Å². The van der Waals surface area contributed by atoms with Gasteiger partial charge in [0.1, 0.15) is 34.2 Å². The van der Waals surface area contributed by atoms with Crippen molar-refractivity contribution < 1.29 is 13.9 Å². The molecule has 0 radical (unpaired) electrons. The van der Waals surface area contributed by atoms with E-state index in [1.54, 1.807) is 0 Å². The summed E-state index contributed by atoms with van der Waals surface area (Å²) in [6.07, 6.45) is 0. The molecule has 5 heteroatoms. The monoisotopic (exact) mass is 627 g/mol. The van der Waals surface area contributed by atoms with Crippen LogP contribution in [0.2, 0.25) is 0 Å². The Hall–Kier alpha value is -6.46. The molecule has 0 amide bonds. The van der Waals surface area contributed by atoms with Crippen LogP contribution in [0.1, 0.15) is 0 Å². The van der Waals surface area contributed by atoms with Gasteiger partial charge in [0.25, 0.3) is 6.71 Å². The first-order valence-electron chi connectivity index (χ1n) is 16.6. The van der Waals surface area contributed by atoms with Gasteiger partial charge in [0.05, 0.1) is 11.4 Å². The molecule has 0 unspecified atom stereocenters. The van der Waals surface area contributed by atoms with Crippen LogP contribution in [0.25, 0.3) is 43.5 Å². The Balaban J connectivity index is 1.19. The maximum Gasteiger partial charge on any atom is 0.260 e. The van der Waals surface area contributed by atoms with Gasteiger partial charge in [-0.05, 0) is 70.2 Å². The highest BCUT2D eigenvalue weighted by Gasteiger charge is 2.40. The molecule has 2 aliphatic heterocycles. The molecule has 8 aromatic carbocycles. The molecule has 0 bridgehead atoms. The minimum absolute atomic E-state index is 0.0234. The van der Waals surface area contributed by atoms with Crippen LogP contribution in [-0.2, 0) is 0 Å². The number of hydrogen-bond acceptors (Lipinski definition) is 4. The minimum atomic E-state index is -0.0234. The Morgan fingerprint density at radius 1 is 0.429 bits per heavy atom. The third-order valence-electron chi connectivity index (χ3n) is 10.1. The number of furan rings is 1. The predicted molar refractivity (Wildman–Crippen MR) is 201 cm³/mol. The lowest BCUT2D eigenvalue weighted by atomic mass is 9.35. The van der Waals surface area contributed by atoms with E-state index in [-0.39, 0.29) is 6.71 Å². The van der Waals surface area contributed by atoms with E-state index in [0.717, 1.165) is 89.2 Å². The Morgan fingerprint density at radius 3 is 1.98 bits per heavy atom. The van der Waals surface area contributed by atoms with E-state index < -0.39 is 0 Å². The van der Waals surface area contributed by atoms with E-state index >= 15 is 0 Å². The number of anilines is 3. The predicted octanol–water partition coefficient (Wildman–Crippen LogP) is 10.1. The molecule has 3 heterocycles. The van der Waals surface area contributed by atoms with Crippen LogP contribution in [0.5, 0.6) is 23.0 Å². The average molecular weight is 628 g/mol. The number of para-hydroxylation sites is 2. The molecule has 0 fully saturated rings. The van der Waals surface area contributed by atoms with Crippen LogP contribution >= 0.6 is 0 Å². The van der Waals surface area contributed by atoms with Crippen LogP contribution < -0.4 is 30.8 Å². The summed E-state index contributed by atoms with van der Waals surface area (Å²) in [6, 6.07) is 55.3. The van der Waals surface area contributed by atoms with E-state index in [9.17, 15) is 0 Å². The van der Waals surface area contributed by atoms with Gasteiger partial charge in [-0.15, -0.1) is 0 Å². The highest BCUT2D eigenvalue weighted by atomic mass is 16.5. The van der Waals surface area contributed by atoms with Crippen molar-refractivity contribution in [2.45, 2.75) is 0 Å². The SMILES string of the molecule is c1ccc(N(c2cccc3ccccc23)c2cc3oc4cc5c(cc4c3c3ccccc23)Oc2cccc3c2B5c2ccccc2O3)cc1. The minimum Gasteiger partial charge on any atom is -0.458 e. The molecule has 49 heavy (non-hydrogen) atoms. The second kappa shape index (κ2) is 10.0. The van der Waals surface area contributed by atoms with Crippen molar-refractivity contribution in [2.24, 2.45) is 0 Å². The first-order valence-corrected chi connectivity index (χ1v) is 16.6. The zero-order valence-corrected chi connectivity index (χ0v) is 26.3. The Kier molecular flexibility index (Phi) is 5.44. The summed E-state index contributed by atoms with van der Waals surface area (Å²) in [5.41, 5.74) is 8.18. The molecule has 11 rings (SSSR count). The molecule has 0 saturated heterocycles. The Labute approximate surface area is 282 Å². The van der Waals surface area contributed by atoms with Crippen molar-refractivity contribution >= 4 is 83.6 Å². The number of hydrogen-bond donors (Lipinski definition) is 0. The van der Waals surface area contributed by atoms with E-state index in [0.29, 0.717) is 0 Å². The summed E-state index contributed by atoms with van der Waals surface area (Å²) < 4.78 is 19.9. The Bertz CT molecular complexity index is 2800. The molecular formula is C44H26BNO3. The molecule has 0 atom stereocenters. The largest absolute Gasteiger partial charge is 0.458 e. The molecule has 0 N–H and O–H groups in total. The number of fused-ring (bicyclic) bond motifs is 10. The average Bonchev–Trinajstić information content (AvgIpc) is 3.52. The first kappa shape index (κ1) is 26.6. The van der Waals surface area contributed by atoms with Crippen LogP contribution in [0.4, 0.5) is 17.1 Å². The van der Waals surface area contributed by atoms with Crippen LogP contribution in [-0.4, -0.2) is 6.71 Å². The third kappa shape index (κ3) is 3.81. The van der Waals surface area contributed by atoms with Crippen molar-refractivity contribution in [3.05, 3.63) is 158 Å². The summed E-state index contributed by atoms with van der Waals surface area (Å²) in [5, 5.41) is 6.76. The van der Waals surface area contributed by atoms with Crippen LogP contribution in [0, 0.1) is 0 Å². The lowest BCUT2D eigenvalue weighted by molar-refractivity contribution is 0.465. The molecule has 4 nitrogen and oxygen atoms in total. The number of nitrogens with zero attached hydrogens (tertiary/aromatic N) is 1. The molecular weight excluding hydrogens is 601 g/mol. The fourth-order valence-electron chi connectivity index (χ4n) is 8.06. The second-order valence-electron chi connectivity index (χ2n) is 12.8. The van der Waals surface area contributed by atoms with Crippen molar-refractivity contribution in [3.8, 4) is 23.0 Å². The maximum atomic E-state index is 6.88. The second-order valence-corrected chi connectivity index (χ2v) is 12.8. The first-order chi connectivity index (χ1) is 24.3. The van der Waals surface area contributed by atoms with Gasteiger partial charge in [-0.3, -0.25) is 0 Å². The van der Waals surface area contributed by atoms with E-state index in [1.807, 2.05) is 30.3 Å². The number of ether oxygens (including phenoxy) is 2. The molecule has 9 aromatic rings. The van der Waals surface area contributed by atoms with Gasteiger partial charge in [0.2, 0.25) is 0 Å². The zero-order chi connectivity index (χ0) is 32.1. The fourth-order valence-corrected chi connectivity index (χ4v) is 8.06. The third-order valence-corrected chi connectivity index (χ3v) is 10.1. The summed E-state index contributed by atoms with van der Waals surface area (Å²) in [6.45, 7) is -0.0234.